The number of halogens is 3. The van der Waals surface area contributed by atoms with Crippen molar-refractivity contribution in [1.29, 1.82) is 0 Å². The highest BCUT2D eigenvalue weighted by atomic mass is 19.4. The Balaban J connectivity index is 2.06. The molecule has 1 N–H and O–H groups in total. The van der Waals surface area contributed by atoms with Crippen LogP contribution in [0.4, 0.5) is 18.9 Å². The van der Waals surface area contributed by atoms with E-state index in [4.69, 9.17) is 4.74 Å². The number of hydrogen-bond acceptors (Lipinski definition) is 2. The van der Waals surface area contributed by atoms with Crippen molar-refractivity contribution >= 4 is 5.69 Å². The number of ether oxygens (including phenoxy) is 1. The summed E-state index contributed by atoms with van der Waals surface area (Å²) in [6.07, 6.45) is -4.34. The summed E-state index contributed by atoms with van der Waals surface area (Å²) in [6.45, 7) is 5.11. The molecule has 0 fully saturated rings. The molecule has 0 aliphatic rings. The molecule has 23 heavy (non-hydrogen) atoms. The summed E-state index contributed by atoms with van der Waals surface area (Å²) < 4.78 is 43.9. The van der Waals surface area contributed by atoms with Crippen LogP contribution in [0.1, 0.15) is 25.0 Å². The van der Waals surface area contributed by atoms with Crippen molar-refractivity contribution in [2.24, 2.45) is 5.92 Å². The standard InChI is InChI=1S/C18H20F3NO/c1-13(2)12-23-17-9-4-3-6-14(17)11-22-16-8-5-7-15(10-16)18(19,20)21/h3-10,13,22H,11-12H2,1-2H3. The highest BCUT2D eigenvalue weighted by Crippen LogP contribution is 2.31. The van der Waals surface area contributed by atoms with E-state index in [1.54, 1.807) is 6.07 Å². The Morgan fingerprint density at radius 1 is 1.04 bits per heavy atom. The molecular formula is C18H20F3NO. The zero-order valence-electron chi connectivity index (χ0n) is 13.2. The molecule has 0 spiro atoms. The lowest BCUT2D eigenvalue weighted by molar-refractivity contribution is -0.137. The third-order valence-electron chi connectivity index (χ3n) is 3.22. The first-order valence-corrected chi connectivity index (χ1v) is 7.48. The maximum Gasteiger partial charge on any atom is 0.416 e. The van der Waals surface area contributed by atoms with Gasteiger partial charge in [-0.3, -0.25) is 0 Å². The van der Waals surface area contributed by atoms with Crippen molar-refractivity contribution in [3.63, 3.8) is 0 Å². The number of hydrogen-bond donors (Lipinski definition) is 1. The molecule has 0 unspecified atom stereocenters. The Kier molecular flexibility index (Phi) is 5.53. The first-order valence-electron chi connectivity index (χ1n) is 7.48. The van der Waals surface area contributed by atoms with Crippen molar-refractivity contribution in [3.8, 4) is 5.75 Å². The van der Waals surface area contributed by atoms with Crippen LogP contribution in [0, 0.1) is 5.92 Å². The van der Waals surface area contributed by atoms with Gasteiger partial charge < -0.3 is 10.1 Å². The maximum atomic E-state index is 12.7. The van der Waals surface area contributed by atoms with Gasteiger partial charge in [0, 0.05) is 17.8 Å². The van der Waals surface area contributed by atoms with Gasteiger partial charge in [0.05, 0.1) is 12.2 Å². The van der Waals surface area contributed by atoms with E-state index < -0.39 is 11.7 Å². The number of alkyl halides is 3. The van der Waals surface area contributed by atoms with E-state index in [1.807, 2.05) is 24.3 Å². The van der Waals surface area contributed by atoms with Crippen LogP contribution in [0.3, 0.4) is 0 Å². The van der Waals surface area contributed by atoms with Gasteiger partial charge in [-0.25, -0.2) is 0 Å². The molecular weight excluding hydrogens is 303 g/mol. The molecule has 0 heterocycles. The van der Waals surface area contributed by atoms with E-state index in [2.05, 4.69) is 19.2 Å². The van der Waals surface area contributed by atoms with Crippen LogP contribution in [-0.2, 0) is 12.7 Å². The van der Waals surface area contributed by atoms with Gasteiger partial charge in [-0.1, -0.05) is 38.1 Å². The molecule has 0 saturated carbocycles. The van der Waals surface area contributed by atoms with Crippen LogP contribution in [-0.4, -0.2) is 6.61 Å². The van der Waals surface area contributed by atoms with Gasteiger partial charge in [-0.2, -0.15) is 13.2 Å². The van der Waals surface area contributed by atoms with Crippen LogP contribution in [0.5, 0.6) is 5.75 Å². The van der Waals surface area contributed by atoms with Crippen LogP contribution in [0.15, 0.2) is 48.5 Å². The van der Waals surface area contributed by atoms with Crippen molar-refractivity contribution < 1.29 is 17.9 Å². The molecule has 0 atom stereocenters. The average Bonchev–Trinajstić information content (AvgIpc) is 2.51. The van der Waals surface area contributed by atoms with E-state index in [-0.39, 0.29) is 0 Å². The summed E-state index contributed by atoms with van der Waals surface area (Å²) in [6, 6.07) is 12.7. The summed E-state index contributed by atoms with van der Waals surface area (Å²) in [4.78, 5) is 0. The fourth-order valence-electron chi connectivity index (χ4n) is 2.05. The quantitative estimate of drug-likeness (QED) is 0.773. The van der Waals surface area contributed by atoms with Gasteiger partial charge in [0.1, 0.15) is 5.75 Å². The number of para-hydroxylation sites is 1. The lowest BCUT2D eigenvalue weighted by atomic mass is 10.1. The Labute approximate surface area is 134 Å². The van der Waals surface area contributed by atoms with E-state index in [0.717, 1.165) is 23.4 Å². The fraction of sp³-hybridized carbons (Fsp3) is 0.333. The highest BCUT2D eigenvalue weighted by molar-refractivity contribution is 5.48. The second-order valence-electron chi connectivity index (χ2n) is 5.74. The van der Waals surface area contributed by atoms with Crippen molar-refractivity contribution in [2.45, 2.75) is 26.6 Å². The molecule has 0 aliphatic carbocycles. The molecule has 2 aromatic carbocycles. The average molecular weight is 323 g/mol. The number of nitrogens with one attached hydrogen (secondary N) is 1. The van der Waals surface area contributed by atoms with E-state index in [9.17, 15) is 13.2 Å². The molecule has 0 saturated heterocycles. The molecule has 0 aliphatic heterocycles. The minimum atomic E-state index is -4.34. The Bertz CT molecular complexity index is 638. The van der Waals surface area contributed by atoms with Crippen molar-refractivity contribution in [1.82, 2.24) is 0 Å². The van der Waals surface area contributed by atoms with Gasteiger partial charge in [0.25, 0.3) is 0 Å². The van der Waals surface area contributed by atoms with Crippen LogP contribution in [0.2, 0.25) is 0 Å². The first-order chi connectivity index (χ1) is 10.9. The zero-order chi connectivity index (χ0) is 16.9. The Morgan fingerprint density at radius 2 is 1.78 bits per heavy atom. The summed E-state index contributed by atoms with van der Waals surface area (Å²) >= 11 is 0. The molecule has 2 aromatic rings. The number of benzene rings is 2. The molecule has 2 nitrogen and oxygen atoms in total. The topological polar surface area (TPSA) is 21.3 Å². The van der Waals surface area contributed by atoms with Crippen LogP contribution >= 0.6 is 0 Å². The molecule has 0 radical (unpaired) electrons. The predicted molar refractivity (Wildman–Crippen MR) is 85.5 cm³/mol. The lowest BCUT2D eigenvalue weighted by Gasteiger charge is -2.15. The summed E-state index contributed by atoms with van der Waals surface area (Å²) in [7, 11) is 0. The van der Waals surface area contributed by atoms with Gasteiger partial charge >= 0.3 is 6.18 Å². The second-order valence-corrected chi connectivity index (χ2v) is 5.74. The van der Waals surface area contributed by atoms with E-state index in [1.165, 1.54) is 6.07 Å². The highest BCUT2D eigenvalue weighted by Gasteiger charge is 2.30. The largest absolute Gasteiger partial charge is 0.493 e. The van der Waals surface area contributed by atoms with Gasteiger partial charge in [0.15, 0.2) is 0 Å². The zero-order valence-corrected chi connectivity index (χ0v) is 13.2. The van der Waals surface area contributed by atoms with Crippen LogP contribution < -0.4 is 10.1 Å². The molecule has 0 amide bonds. The fourth-order valence-corrected chi connectivity index (χ4v) is 2.05. The van der Waals surface area contributed by atoms with Gasteiger partial charge in [-0.05, 0) is 30.2 Å². The second kappa shape index (κ2) is 7.40. The maximum absolute atomic E-state index is 12.7. The third-order valence-corrected chi connectivity index (χ3v) is 3.22. The SMILES string of the molecule is CC(C)COc1ccccc1CNc1cccc(C(F)(F)F)c1. The first kappa shape index (κ1) is 17.2. The van der Waals surface area contributed by atoms with Gasteiger partial charge in [-0.15, -0.1) is 0 Å². The Hall–Kier alpha value is -2.17. The molecule has 2 rings (SSSR count). The summed E-state index contributed by atoms with van der Waals surface area (Å²) in [5, 5.41) is 3.02. The number of anilines is 1. The van der Waals surface area contributed by atoms with Crippen molar-refractivity contribution in [3.05, 3.63) is 59.7 Å². The third kappa shape index (κ3) is 5.20. The predicted octanol–water partition coefficient (Wildman–Crippen LogP) is 5.35. The molecule has 0 aromatic heterocycles. The van der Waals surface area contributed by atoms with Crippen molar-refractivity contribution in [2.75, 3.05) is 11.9 Å². The van der Waals surface area contributed by atoms with E-state index in [0.29, 0.717) is 24.8 Å². The van der Waals surface area contributed by atoms with Crippen LogP contribution in [0.25, 0.3) is 0 Å². The van der Waals surface area contributed by atoms with E-state index >= 15 is 0 Å². The molecule has 5 heteroatoms. The Morgan fingerprint density at radius 3 is 2.48 bits per heavy atom. The summed E-state index contributed by atoms with van der Waals surface area (Å²) in [5.41, 5.74) is 0.677. The van der Waals surface area contributed by atoms with Gasteiger partial charge in [0.2, 0.25) is 0 Å². The smallest absolute Gasteiger partial charge is 0.416 e. The lowest BCUT2D eigenvalue weighted by Crippen LogP contribution is -2.09. The molecule has 0 bridgehead atoms. The monoisotopic (exact) mass is 323 g/mol. The minimum Gasteiger partial charge on any atom is -0.493 e. The molecule has 124 valence electrons. The normalized spacial score (nSPS) is 11.6. The minimum absolute atomic E-state index is 0.398. The summed E-state index contributed by atoms with van der Waals surface area (Å²) in [5.74, 6) is 1.15. The number of rotatable bonds is 6.